The van der Waals surface area contributed by atoms with Crippen molar-refractivity contribution in [2.45, 2.75) is 0 Å². The third kappa shape index (κ3) is 3.61. The molecule has 0 fully saturated rings. The van der Waals surface area contributed by atoms with Gasteiger partial charge in [0.25, 0.3) is 5.69 Å². The number of nitrogens with one attached hydrogen (secondary N) is 1. The van der Waals surface area contributed by atoms with Gasteiger partial charge in [0.1, 0.15) is 0 Å². The smallest absolute Gasteiger partial charge is 0.270 e. The van der Waals surface area contributed by atoms with Crippen LogP contribution in [0.2, 0.25) is 10.0 Å². The molecule has 0 saturated heterocycles. The number of aromatic nitrogens is 1. The molecule has 1 N–H and O–H groups in total. The van der Waals surface area contributed by atoms with Gasteiger partial charge in [-0.3, -0.25) is 10.1 Å². The van der Waals surface area contributed by atoms with Gasteiger partial charge in [0.05, 0.1) is 21.3 Å². The Bertz CT molecular complexity index is 883. The van der Waals surface area contributed by atoms with Crippen molar-refractivity contribution < 1.29 is 4.92 Å². The maximum atomic E-state index is 10.8. The largest absolute Gasteiger partial charge is 0.330 e. The molecule has 0 amide bonds. The molecular formula is C15H9Cl2N3O2S. The number of thiazole rings is 1. The van der Waals surface area contributed by atoms with Crippen molar-refractivity contribution in [3.63, 3.8) is 0 Å². The Labute approximate surface area is 145 Å². The highest BCUT2D eigenvalue weighted by atomic mass is 35.5. The molecule has 5 nitrogen and oxygen atoms in total. The van der Waals surface area contributed by atoms with E-state index in [2.05, 4.69) is 10.3 Å². The first kappa shape index (κ1) is 15.7. The van der Waals surface area contributed by atoms with Gasteiger partial charge in [-0.1, -0.05) is 35.3 Å². The fourth-order valence-corrected chi connectivity index (χ4v) is 3.14. The normalized spacial score (nSPS) is 10.5. The number of benzene rings is 2. The molecule has 0 aliphatic carbocycles. The minimum atomic E-state index is -0.428. The van der Waals surface area contributed by atoms with Crippen LogP contribution in [0, 0.1) is 10.1 Å². The Balaban J connectivity index is 1.86. The summed E-state index contributed by atoms with van der Waals surface area (Å²) in [4.78, 5) is 14.9. The third-order valence-corrected chi connectivity index (χ3v) is 4.34. The van der Waals surface area contributed by atoms with Crippen molar-refractivity contribution in [2.75, 3.05) is 5.32 Å². The average molecular weight is 366 g/mol. The van der Waals surface area contributed by atoms with E-state index in [0.717, 1.165) is 0 Å². The van der Waals surface area contributed by atoms with Crippen LogP contribution in [0.4, 0.5) is 16.5 Å². The third-order valence-electron chi connectivity index (χ3n) is 3.03. The molecule has 116 valence electrons. The molecule has 1 aromatic heterocycles. The van der Waals surface area contributed by atoms with Crippen LogP contribution >= 0.6 is 34.5 Å². The molecule has 0 bridgehead atoms. The van der Waals surface area contributed by atoms with Gasteiger partial charge >= 0.3 is 0 Å². The number of rotatable bonds is 4. The summed E-state index contributed by atoms with van der Waals surface area (Å²) in [6, 6.07) is 11.5. The molecule has 0 saturated carbocycles. The number of nitro groups is 1. The first-order valence-corrected chi connectivity index (χ1v) is 8.09. The van der Waals surface area contributed by atoms with Crippen molar-refractivity contribution >= 4 is 51.0 Å². The summed E-state index contributed by atoms with van der Waals surface area (Å²) in [5, 5.41) is 17.5. The number of halogens is 2. The van der Waals surface area contributed by atoms with Gasteiger partial charge in [-0.05, 0) is 18.2 Å². The van der Waals surface area contributed by atoms with Crippen LogP contribution in [0.3, 0.4) is 0 Å². The number of non-ortho nitro benzene ring substituents is 1. The molecule has 0 aliphatic rings. The molecule has 8 heteroatoms. The predicted molar refractivity (Wildman–Crippen MR) is 93.9 cm³/mol. The van der Waals surface area contributed by atoms with Crippen LogP contribution in [0.25, 0.3) is 11.3 Å². The Morgan fingerprint density at radius 1 is 1.17 bits per heavy atom. The number of hydrogen-bond donors (Lipinski definition) is 1. The van der Waals surface area contributed by atoms with Crippen molar-refractivity contribution in [1.29, 1.82) is 0 Å². The van der Waals surface area contributed by atoms with Crippen molar-refractivity contribution in [1.82, 2.24) is 4.98 Å². The van der Waals surface area contributed by atoms with E-state index < -0.39 is 4.92 Å². The monoisotopic (exact) mass is 365 g/mol. The summed E-state index contributed by atoms with van der Waals surface area (Å²) < 4.78 is 0. The second-order valence-corrected chi connectivity index (χ2v) is 6.30. The number of nitrogens with zero attached hydrogens (tertiary/aromatic N) is 2. The molecule has 0 radical (unpaired) electrons. The molecule has 0 aliphatic heterocycles. The first-order chi connectivity index (χ1) is 11.0. The highest BCUT2D eigenvalue weighted by Gasteiger charge is 2.11. The lowest BCUT2D eigenvalue weighted by Crippen LogP contribution is -1.91. The van der Waals surface area contributed by atoms with Gasteiger partial charge in [-0.25, -0.2) is 4.98 Å². The number of nitro benzene ring substituents is 1. The van der Waals surface area contributed by atoms with Crippen LogP contribution in [0.5, 0.6) is 0 Å². The Kier molecular flexibility index (Phi) is 4.47. The van der Waals surface area contributed by atoms with Crippen LogP contribution in [0.1, 0.15) is 0 Å². The standard InChI is InChI=1S/C15H9Cl2N3O2S/c16-10-4-5-13(12(17)7-10)18-15-19-14(8-23-15)9-2-1-3-11(6-9)20(21)22/h1-8H,(H,18,19). The van der Waals surface area contributed by atoms with E-state index in [9.17, 15) is 10.1 Å². The molecule has 1 heterocycles. The van der Waals surface area contributed by atoms with E-state index in [1.807, 2.05) is 5.38 Å². The summed E-state index contributed by atoms with van der Waals surface area (Å²) in [6.45, 7) is 0. The summed E-state index contributed by atoms with van der Waals surface area (Å²) in [5.41, 5.74) is 2.07. The molecular weight excluding hydrogens is 357 g/mol. The highest BCUT2D eigenvalue weighted by molar-refractivity contribution is 7.14. The van der Waals surface area contributed by atoms with Crippen LogP contribution in [-0.2, 0) is 0 Å². The molecule has 23 heavy (non-hydrogen) atoms. The molecule has 0 unspecified atom stereocenters. The van der Waals surface area contributed by atoms with Crippen LogP contribution in [0.15, 0.2) is 47.8 Å². The maximum Gasteiger partial charge on any atom is 0.270 e. The second-order valence-electron chi connectivity index (χ2n) is 4.59. The lowest BCUT2D eigenvalue weighted by molar-refractivity contribution is -0.384. The van der Waals surface area contributed by atoms with E-state index in [4.69, 9.17) is 23.2 Å². The lowest BCUT2D eigenvalue weighted by Gasteiger charge is -2.05. The van der Waals surface area contributed by atoms with Gasteiger partial charge < -0.3 is 5.32 Å². The fraction of sp³-hybridized carbons (Fsp3) is 0. The predicted octanol–water partition coefficient (Wildman–Crippen LogP) is 5.77. The van der Waals surface area contributed by atoms with Crippen LogP contribution in [-0.4, -0.2) is 9.91 Å². The zero-order valence-electron chi connectivity index (χ0n) is 11.5. The van der Waals surface area contributed by atoms with Crippen molar-refractivity contribution in [3.05, 3.63) is 68.0 Å². The van der Waals surface area contributed by atoms with E-state index >= 15 is 0 Å². The summed E-state index contributed by atoms with van der Waals surface area (Å²) in [7, 11) is 0. The van der Waals surface area contributed by atoms with E-state index in [-0.39, 0.29) is 5.69 Å². The Morgan fingerprint density at radius 3 is 2.74 bits per heavy atom. The van der Waals surface area contributed by atoms with E-state index in [1.165, 1.54) is 23.5 Å². The summed E-state index contributed by atoms with van der Waals surface area (Å²) in [6.07, 6.45) is 0. The maximum absolute atomic E-state index is 10.8. The van der Waals surface area contributed by atoms with Gasteiger partial charge in [-0.15, -0.1) is 11.3 Å². The average Bonchev–Trinajstić information content (AvgIpc) is 2.99. The Morgan fingerprint density at radius 2 is 2.00 bits per heavy atom. The van der Waals surface area contributed by atoms with Gasteiger partial charge in [0.15, 0.2) is 5.13 Å². The molecule has 0 atom stereocenters. The quantitative estimate of drug-likeness (QED) is 0.470. The summed E-state index contributed by atoms with van der Waals surface area (Å²) in [5.74, 6) is 0. The zero-order valence-corrected chi connectivity index (χ0v) is 13.8. The van der Waals surface area contributed by atoms with Crippen LogP contribution < -0.4 is 5.32 Å². The Hall–Kier alpha value is -2.15. The van der Waals surface area contributed by atoms with Crippen molar-refractivity contribution in [3.8, 4) is 11.3 Å². The number of anilines is 2. The molecule has 3 rings (SSSR count). The summed E-state index contributed by atoms with van der Waals surface area (Å²) >= 11 is 13.4. The zero-order chi connectivity index (χ0) is 16.4. The first-order valence-electron chi connectivity index (χ1n) is 6.45. The molecule has 0 spiro atoms. The number of hydrogen-bond acceptors (Lipinski definition) is 5. The minimum Gasteiger partial charge on any atom is -0.330 e. The lowest BCUT2D eigenvalue weighted by atomic mass is 10.1. The molecule has 3 aromatic rings. The minimum absolute atomic E-state index is 0.0331. The fourth-order valence-electron chi connectivity index (χ4n) is 1.95. The van der Waals surface area contributed by atoms with Gasteiger partial charge in [0, 0.05) is 28.1 Å². The molecule has 2 aromatic carbocycles. The second kappa shape index (κ2) is 6.54. The van der Waals surface area contributed by atoms with Gasteiger partial charge in [-0.2, -0.15) is 0 Å². The van der Waals surface area contributed by atoms with E-state index in [1.54, 1.807) is 30.3 Å². The SMILES string of the molecule is O=[N+]([O-])c1cccc(-c2csc(Nc3ccc(Cl)cc3Cl)n2)c1. The topological polar surface area (TPSA) is 68.1 Å². The van der Waals surface area contributed by atoms with E-state index in [0.29, 0.717) is 32.1 Å². The highest BCUT2D eigenvalue weighted by Crippen LogP contribution is 2.32. The van der Waals surface area contributed by atoms with Gasteiger partial charge in [0.2, 0.25) is 0 Å². The van der Waals surface area contributed by atoms with Crippen molar-refractivity contribution in [2.24, 2.45) is 0 Å².